The van der Waals surface area contributed by atoms with Crippen molar-refractivity contribution in [3.8, 4) is 0 Å². The van der Waals surface area contributed by atoms with Crippen LogP contribution in [0.3, 0.4) is 0 Å². The highest BCUT2D eigenvalue weighted by molar-refractivity contribution is 5.98. The molecule has 1 heterocycles. The lowest BCUT2D eigenvalue weighted by atomic mass is 9.93. The maximum atomic E-state index is 11.8. The van der Waals surface area contributed by atoms with Crippen LogP contribution in [0.25, 0.3) is 0 Å². The van der Waals surface area contributed by atoms with Crippen LogP contribution in [0.1, 0.15) is 29.6 Å². The summed E-state index contributed by atoms with van der Waals surface area (Å²) in [6.07, 6.45) is 5.09. The summed E-state index contributed by atoms with van der Waals surface area (Å²) in [5.74, 6) is 0.603. The third kappa shape index (κ3) is 2.09. The molecule has 0 atom stereocenters. The van der Waals surface area contributed by atoms with Gasteiger partial charge in [-0.1, -0.05) is 0 Å². The van der Waals surface area contributed by atoms with Crippen LogP contribution in [0.4, 0.5) is 5.82 Å². The van der Waals surface area contributed by atoms with E-state index in [0.717, 1.165) is 12.8 Å². The van der Waals surface area contributed by atoms with E-state index in [4.69, 9.17) is 0 Å². The zero-order chi connectivity index (χ0) is 10.7. The number of rotatable bonds is 3. The molecule has 4 nitrogen and oxygen atoms in total. The monoisotopic (exact) mass is 205 g/mol. The van der Waals surface area contributed by atoms with E-state index in [2.05, 4.69) is 15.6 Å². The Morgan fingerprint density at radius 2 is 2.33 bits per heavy atom. The lowest BCUT2D eigenvalue weighted by Crippen LogP contribution is -2.39. The van der Waals surface area contributed by atoms with Gasteiger partial charge >= 0.3 is 0 Å². The van der Waals surface area contributed by atoms with Crippen molar-refractivity contribution in [3.63, 3.8) is 0 Å². The van der Waals surface area contributed by atoms with E-state index >= 15 is 0 Å². The topological polar surface area (TPSA) is 54.0 Å². The largest absolute Gasteiger partial charge is 0.372 e. The average molecular weight is 205 g/mol. The van der Waals surface area contributed by atoms with Crippen LogP contribution in [-0.2, 0) is 0 Å². The molecule has 4 heteroatoms. The molecule has 0 aliphatic heterocycles. The Morgan fingerprint density at radius 1 is 1.53 bits per heavy atom. The van der Waals surface area contributed by atoms with Gasteiger partial charge in [0.25, 0.3) is 5.91 Å². The van der Waals surface area contributed by atoms with Crippen molar-refractivity contribution < 1.29 is 4.79 Å². The highest BCUT2D eigenvalue weighted by Crippen LogP contribution is 2.19. The summed E-state index contributed by atoms with van der Waals surface area (Å²) < 4.78 is 0. The second-order valence-corrected chi connectivity index (χ2v) is 3.75. The number of hydrogen-bond acceptors (Lipinski definition) is 3. The highest BCUT2D eigenvalue weighted by atomic mass is 16.1. The van der Waals surface area contributed by atoms with E-state index < -0.39 is 0 Å². The van der Waals surface area contributed by atoms with Crippen LogP contribution in [0, 0.1) is 0 Å². The predicted molar refractivity (Wildman–Crippen MR) is 58.9 cm³/mol. The van der Waals surface area contributed by atoms with Gasteiger partial charge in [0, 0.05) is 19.3 Å². The van der Waals surface area contributed by atoms with E-state index in [1.54, 1.807) is 25.4 Å². The zero-order valence-corrected chi connectivity index (χ0v) is 8.79. The van der Waals surface area contributed by atoms with Gasteiger partial charge in [0.15, 0.2) is 0 Å². The van der Waals surface area contributed by atoms with Gasteiger partial charge in [-0.15, -0.1) is 0 Å². The fourth-order valence-corrected chi connectivity index (χ4v) is 1.60. The Kier molecular flexibility index (Phi) is 2.85. The number of anilines is 1. The molecule has 1 aromatic heterocycles. The molecular weight excluding hydrogens is 190 g/mol. The van der Waals surface area contributed by atoms with Crippen molar-refractivity contribution in [1.82, 2.24) is 10.3 Å². The molecular formula is C11H15N3O. The molecule has 1 fully saturated rings. The van der Waals surface area contributed by atoms with Crippen LogP contribution >= 0.6 is 0 Å². The molecule has 1 aliphatic rings. The Labute approximate surface area is 89.1 Å². The maximum Gasteiger partial charge on any atom is 0.255 e. The fraction of sp³-hybridized carbons (Fsp3) is 0.455. The van der Waals surface area contributed by atoms with Gasteiger partial charge in [-0.3, -0.25) is 4.79 Å². The van der Waals surface area contributed by atoms with Crippen LogP contribution in [0.5, 0.6) is 0 Å². The summed E-state index contributed by atoms with van der Waals surface area (Å²) >= 11 is 0. The van der Waals surface area contributed by atoms with Crippen molar-refractivity contribution in [2.75, 3.05) is 12.4 Å². The van der Waals surface area contributed by atoms with Crippen LogP contribution in [0.2, 0.25) is 0 Å². The Bertz CT molecular complexity index is 361. The van der Waals surface area contributed by atoms with Crippen molar-refractivity contribution in [2.24, 2.45) is 0 Å². The van der Waals surface area contributed by atoms with Gasteiger partial charge in [0.05, 0.1) is 5.56 Å². The molecule has 80 valence electrons. The molecule has 0 radical (unpaired) electrons. The summed E-state index contributed by atoms with van der Waals surface area (Å²) in [4.78, 5) is 15.9. The standard InChI is InChI=1S/C11H15N3O/c1-12-10-9(6-3-7-13-10)11(15)14-8-4-2-5-8/h3,6-8H,2,4-5H2,1H3,(H,12,13)(H,14,15). The van der Waals surface area contributed by atoms with Gasteiger partial charge in [0.1, 0.15) is 5.82 Å². The van der Waals surface area contributed by atoms with Crippen LogP contribution in [0.15, 0.2) is 18.3 Å². The molecule has 1 aromatic rings. The van der Waals surface area contributed by atoms with E-state index in [-0.39, 0.29) is 5.91 Å². The third-order valence-electron chi connectivity index (χ3n) is 2.73. The number of amides is 1. The molecule has 0 spiro atoms. The molecule has 2 rings (SSSR count). The molecule has 2 N–H and O–H groups in total. The third-order valence-corrected chi connectivity index (χ3v) is 2.73. The Balaban J connectivity index is 2.09. The predicted octanol–water partition coefficient (Wildman–Crippen LogP) is 1.41. The minimum absolute atomic E-state index is 0.0304. The molecule has 1 aliphatic carbocycles. The lowest BCUT2D eigenvalue weighted by Gasteiger charge is -2.26. The van der Waals surface area contributed by atoms with Crippen LogP contribution in [-0.4, -0.2) is 24.0 Å². The normalized spacial score (nSPS) is 15.5. The smallest absolute Gasteiger partial charge is 0.255 e. The minimum atomic E-state index is -0.0304. The van der Waals surface area contributed by atoms with Crippen molar-refractivity contribution in [1.29, 1.82) is 0 Å². The van der Waals surface area contributed by atoms with Crippen molar-refractivity contribution >= 4 is 11.7 Å². The zero-order valence-electron chi connectivity index (χ0n) is 8.79. The Hall–Kier alpha value is -1.58. The molecule has 0 unspecified atom stereocenters. The van der Waals surface area contributed by atoms with Gasteiger partial charge in [0.2, 0.25) is 0 Å². The summed E-state index contributed by atoms with van der Waals surface area (Å²) in [5.41, 5.74) is 0.617. The molecule has 0 aromatic carbocycles. The Morgan fingerprint density at radius 3 is 2.93 bits per heavy atom. The number of carbonyl (C=O) groups is 1. The first-order valence-electron chi connectivity index (χ1n) is 5.25. The summed E-state index contributed by atoms with van der Waals surface area (Å²) in [7, 11) is 1.77. The summed E-state index contributed by atoms with van der Waals surface area (Å²) in [6.45, 7) is 0. The van der Waals surface area contributed by atoms with Crippen molar-refractivity contribution in [2.45, 2.75) is 25.3 Å². The summed E-state index contributed by atoms with van der Waals surface area (Å²) in [5, 5.41) is 5.90. The highest BCUT2D eigenvalue weighted by Gasteiger charge is 2.21. The number of aromatic nitrogens is 1. The van der Waals surface area contributed by atoms with E-state index in [9.17, 15) is 4.79 Å². The first-order valence-corrected chi connectivity index (χ1v) is 5.25. The van der Waals surface area contributed by atoms with E-state index in [1.165, 1.54) is 6.42 Å². The minimum Gasteiger partial charge on any atom is -0.372 e. The van der Waals surface area contributed by atoms with Gasteiger partial charge in [-0.25, -0.2) is 4.98 Å². The van der Waals surface area contributed by atoms with Crippen molar-refractivity contribution in [3.05, 3.63) is 23.9 Å². The second-order valence-electron chi connectivity index (χ2n) is 3.75. The number of hydrogen-bond donors (Lipinski definition) is 2. The average Bonchev–Trinajstić information content (AvgIpc) is 2.23. The SMILES string of the molecule is CNc1ncccc1C(=O)NC1CCC1. The van der Waals surface area contributed by atoms with Gasteiger partial charge in [-0.05, 0) is 31.4 Å². The molecule has 0 bridgehead atoms. The maximum absolute atomic E-state index is 11.8. The molecule has 1 amide bonds. The first-order chi connectivity index (χ1) is 7.31. The summed E-state index contributed by atoms with van der Waals surface area (Å²) in [6, 6.07) is 3.92. The number of nitrogens with zero attached hydrogens (tertiary/aromatic N) is 1. The van der Waals surface area contributed by atoms with Gasteiger partial charge < -0.3 is 10.6 Å². The quantitative estimate of drug-likeness (QED) is 0.784. The van der Waals surface area contributed by atoms with Crippen LogP contribution < -0.4 is 10.6 Å². The van der Waals surface area contributed by atoms with E-state index in [1.807, 2.05) is 0 Å². The first kappa shape index (κ1) is 9.96. The number of carbonyl (C=O) groups excluding carboxylic acids is 1. The van der Waals surface area contributed by atoms with E-state index in [0.29, 0.717) is 17.4 Å². The fourth-order valence-electron chi connectivity index (χ4n) is 1.60. The molecule has 1 saturated carbocycles. The number of nitrogens with one attached hydrogen (secondary N) is 2. The van der Waals surface area contributed by atoms with Gasteiger partial charge in [-0.2, -0.15) is 0 Å². The molecule has 0 saturated heterocycles. The lowest BCUT2D eigenvalue weighted by molar-refractivity contribution is 0.0917. The molecule has 15 heavy (non-hydrogen) atoms. The number of pyridine rings is 1. The second kappa shape index (κ2) is 4.29.